The first-order chi connectivity index (χ1) is 5.17. The van der Waals surface area contributed by atoms with Crippen molar-refractivity contribution in [1.82, 2.24) is 0 Å². The molecule has 0 N–H and O–H groups in total. The highest BCUT2D eigenvalue weighted by molar-refractivity contribution is 5.74. The Morgan fingerprint density at radius 1 is 1.45 bits per heavy atom. The van der Waals surface area contributed by atoms with Crippen molar-refractivity contribution < 1.29 is 14.3 Å². The predicted octanol–water partition coefficient (Wildman–Crippen LogP) is 1.22. The number of carbonyl (C=O) groups is 1. The maximum Gasteiger partial charge on any atom is 0.335 e. The number of methoxy groups -OCH3 is 2. The summed E-state index contributed by atoms with van der Waals surface area (Å²) in [5, 5.41) is 0. The first-order valence-corrected chi connectivity index (χ1v) is 3.78. The second kappa shape index (κ2) is 5.13. The second-order valence-corrected chi connectivity index (χ2v) is 2.56. The molecule has 0 aliphatic carbocycles. The van der Waals surface area contributed by atoms with Gasteiger partial charge in [-0.1, -0.05) is 20.3 Å². The second-order valence-electron chi connectivity index (χ2n) is 2.56. The molecule has 0 spiro atoms. The third-order valence-electron chi connectivity index (χ3n) is 1.85. The molecule has 0 saturated carbocycles. The molecule has 2 atom stereocenters. The van der Waals surface area contributed by atoms with Crippen LogP contribution in [0.2, 0.25) is 0 Å². The lowest BCUT2D eigenvalue weighted by Crippen LogP contribution is -2.30. The van der Waals surface area contributed by atoms with Crippen molar-refractivity contribution in [2.24, 2.45) is 5.92 Å². The molecule has 11 heavy (non-hydrogen) atoms. The van der Waals surface area contributed by atoms with Gasteiger partial charge in [-0.25, -0.2) is 4.79 Å². The SMILES string of the molecule is CCC(C)C(OC)C(=O)OC. The van der Waals surface area contributed by atoms with Gasteiger partial charge in [0.15, 0.2) is 6.10 Å². The molecule has 0 rings (SSSR count). The Balaban J connectivity index is 4.03. The van der Waals surface area contributed by atoms with Crippen molar-refractivity contribution in [3.63, 3.8) is 0 Å². The average molecular weight is 160 g/mol. The van der Waals surface area contributed by atoms with E-state index in [1.807, 2.05) is 13.8 Å². The summed E-state index contributed by atoms with van der Waals surface area (Å²) in [6.07, 6.45) is 0.498. The number of rotatable bonds is 4. The van der Waals surface area contributed by atoms with Gasteiger partial charge in [-0.05, 0) is 5.92 Å². The van der Waals surface area contributed by atoms with E-state index in [4.69, 9.17) is 4.74 Å². The molecule has 0 radical (unpaired) electrons. The summed E-state index contributed by atoms with van der Waals surface area (Å²) >= 11 is 0. The number of hydrogen-bond acceptors (Lipinski definition) is 3. The van der Waals surface area contributed by atoms with Gasteiger partial charge in [0.05, 0.1) is 7.11 Å². The van der Waals surface area contributed by atoms with Crippen LogP contribution in [-0.2, 0) is 14.3 Å². The zero-order valence-corrected chi connectivity index (χ0v) is 7.59. The zero-order valence-electron chi connectivity index (χ0n) is 7.59. The Bertz CT molecular complexity index is 123. The first-order valence-electron chi connectivity index (χ1n) is 3.78. The molecule has 3 nitrogen and oxygen atoms in total. The van der Waals surface area contributed by atoms with Gasteiger partial charge in [-0.3, -0.25) is 0 Å². The molecule has 66 valence electrons. The summed E-state index contributed by atoms with van der Waals surface area (Å²) in [6.45, 7) is 3.98. The summed E-state index contributed by atoms with van der Waals surface area (Å²) in [7, 11) is 2.89. The van der Waals surface area contributed by atoms with E-state index in [1.165, 1.54) is 14.2 Å². The molecule has 0 aliphatic heterocycles. The van der Waals surface area contributed by atoms with Gasteiger partial charge in [0.1, 0.15) is 0 Å². The van der Waals surface area contributed by atoms with E-state index in [2.05, 4.69) is 4.74 Å². The third kappa shape index (κ3) is 2.89. The van der Waals surface area contributed by atoms with Gasteiger partial charge >= 0.3 is 5.97 Å². The standard InChI is InChI=1S/C8H16O3/c1-5-6(2)7(10-3)8(9)11-4/h6-7H,5H2,1-4H3. The molecule has 0 fully saturated rings. The quantitative estimate of drug-likeness (QED) is 0.580. The number of carbonyl (C=O) groups excluding carboxylic acids is 1. The minimum atomic E-state index is -0.412. The molecule has 0 aromatic heterocycles. The summed E-state index contributed by atoms with van der Waals surface area (Å²) in [4.78, 5) is 11.0. The average Bonchev–Trinajstić information content (AvgIpc) is 2.05. The topological polar surface area (TPSA) is 35.5 Å². The van der Waals surface area contributed by atoms with Crippen LogP contribution in [0.15, 0.2) is 0 Å². The van der Waals surface area contributed by atoms with Gasteiger partial charge in [-0.2, -0.15) is 0 Å². The fourth-order valence-corrected chi connectivity index (χ4v) is 0.891. The maximum absolute atomic E-state index is 11.0. The molecule has 0 aromatic rings. The van der Waals surface area contributed by atoms with Crippen LogP contribution in [0.1, 0.15) is 20.3 Å². The van der Waals surface area contributed by atoms with E-state index in [9.17, 15) is 4.79 Å². The molecular weight excluding hydrogens is 144 g/mol. The Hall–Kier alpha value is -0.570. The largest absolute Gasteiger partial charge is 0.467 e. The van der Waals surface area contributed by atoms with E-state index in [-0.39, 0.29) is 11.9 Å². The predicted molar refractivity (Wildman–Crippen MR) is 42.3 cm³/mol. The molecule has 2 unspecified atom stereocenters. The summed E-state index contributed by atoms with van der Waals surface area (Å²) in [5.41, 5.74) is 0. The van der Waals surface area contributed by atoms with Crippen molar-refractivity contribution in [2.45, 2.75) is 26.4 Å². The number of ether oxygens (including phenoxy) is 2. The van der Waals surface area contributed by atoms with Crippen molar-refractivity contribution in [2.75, 3.05) is 14.2 Å². The zero-order chi connectivity index (χ0) is 8.85. The van der Waals surface area contributed by atoms with Crippen LogP contribution in [-0.4, -0.2) is 26.3 Å². The van der Waals surface area contributed by atoms with Crippen LogP contribution in [0.3, 0.4) is 0 Å². The number of esters is 1. The van der Waals surface area contributed by atoms with Crippen LogP contribution in [0, 0.1) is 5.92 Å². The molecule has 0 bridgehead atoms. The van der Waals surface area contributed by atoms with Gasteiger partial charge in [-0.15, -0.1) is 0 Å². The van der Waals surface area contributed by atoms with Crippen LogP contribution in [0.4, 0.5) is 0 Å². The van der Waals surface area contributed by atoms with Gasteiger partial charge in [0.2, 0.25) is 0 Å². The molecule has 0 heterocycles. The summed E-state index contributed by atoms with van der Waals surface area (Å²) in [5.74, 6) is -0.0747. The summed E-state index contributed by atoms with van der Waals surface area (Å²) in [6, 6.07) is 0. The summed E-state index contributed by atoms with van der Waals surface area (Å²) < 4.78 is 9.54. The van der Waals surface area contributed by atoms with Crippen molar-refractivity contribution in [1.29, 1.82) is 0 Å². The normalized spacial score (nSPS) is 15.6. The minimum Gasteiger partial charge on any atom is -0.467 e. The van der Waals surface area contributed by atoms with Crippen LogP contribution in [0.25, 0.3) is 0 Å². The Labute approximate surface area is 67.7 Å². The lowest BCUT2D eigenvalue weighted by molar-refractivity contribution is -0.155. The fraction of sp³-hybridized carbons (Fsp3) is 0.875. The van der Waals surface area contributed by atoms with E-state index >= 15 is 0 Å². The number of hydrogen-bond donors (Lipinski definition) is 0. The van der Waals surface area contributed by atoms with Crippen molar-refractivity contribution in [3.05, 3.63) is 0 Å². The monoisotopic (exact) mass is 160 g/mol. The molecule has 0 saturated heterocycles. The van der Waals surface area contributed by atoms with E-state index < -0.39 is 6.10 Å². The highest BCUT2D eigenvalue weighted by atomic mass is 16.6. The van der Waals surface area contributed by atoms with Gasteiger partial charge in [0, 0.05) is 7.11 Å². The third-order valence-corrected chi connectivity index (χ3v) is 1.85. The van der Waals surface area contributed by atoms with E-state index in [0.29, 0.717) is 0 Å². The molecule has 0 aliphatic rings. The van der Waals surface area contributed by atoms with Gasteiger partial charge in [0.25, 0.3) is 0 Å². The lowest BCUT2D eigenvalue weighted by Gasteiger charge is -2.18. The lowest BCUT2D eigenvalue weighted by atomic mass is 10.0. The van der Waals surface area contributed by atoms with Crippen molar-refractivity contribution in [3.8, 4) is 0 Å². The first kappa shape index (κ1) is 10.4. The fourth-order valence-electron chi connectivity index (χ4n) is 0.891. The molecule has 0 aromatic carbocycles. The molecular formula is C8H16O3. The van der Waals surface area contributed by atoms with Crippen LogP contribution >= 0.6 is 0 Å². The van der Waals surface area contributed by atoms with E-state index in [1.54, 1.807) is 0 Å². The van der Waals surface area contributed by atoms with Gasteiger partial charge < -0.3 is 9.47 Å². The highest BCUT2D eigenvalue weighted by Gasteiger charge is 2.23. The van der Waals surface area contributed by atoms with Crippen molar-refractivity contribution >= 4 is 5.97 Å². The van der Waals surface area contributed by atoms with Crippen LogP contribution < -0.4 is 0 Å². The molecule has 0 amide bonds. The minimum absolute atomic E-state index is 0.215. The highest BCUT2D eigenvalue weighted by Crippen LogP contribution is 2.11. The Kier molecular flexibility index (Phi) is 4.86. The smallest absolute Gasteiger partial charge is 0.335 e. The maximum atomic E-state index is 11.0. The Morgan fingerprint density at radius 2 is 2.00 bits per heavy atom. The van der Waals surface area contributed by atoms with Crippen LogP contribution in [0.5, 0.6) is 0 Å². The Morgan fingerprint density at radius 3 is 2.27 bits per heavy atom. The molecule has 3 heteroatoms. The van der Waals surface area contributed by atoms with E-state index in [0.717, 1.165) is 6.42 Å².